The maximum atomic E-state index is 12.1. The molecule has 0 aliphatic carbocycles. The van der Waals surface area contributed by atoms with E-state index in [2.05, 4.69) is 10.6 Å². The molecule has 0 heterocycles. The summed E-state index contributed by atoms with van der Waals surface area (Å²) in [7, 11) is 3.14. The lowest BCUT2D eigenvalue weighted by Gasteiger charge is -2.12. The van der Waals surface area contributed by atoms with E-state index in [-0.39, 0.29) is 24.9 Å². The molecule has 0 fully saturated rings. The van der Waals surface area contributed by atoms with Gasteiger partial charge < -0.3 is 20.1 Å². The van der Waals surface area contributed by atoms with E-state index in [1.54, 1.807) is 38.5 Å². The molecule has 26 heavy (non-hydrogen) atoms. The lowest BCUT2D eigenvalue weighted by Crippen LogP contribution is -2.36. The molecule has 2 aromatic rings. The number of nitrogens with one attached hydrogen (secondary N) is 2. The fourth-order valence-electron chi connectivity index (χ4n) is 2.42. The van der Waals surface area contributed by atoms with Gasteiger partial charge in [0.2, 0.25) is 5.91 Å². The second-order valence-electron chi connectivity index (χ2n) is 5.94. The summed E-state index contributed by atoms with van der Waals surface area (Å²) < 4.78 is 10.5. The molecule has 0 unspecified atom stereocenters. The summed E-state index contributed by atoms with van der Waals surface area (Å²) in [5, 5.41) is 5.39. The van der Waals surface area contributed by atoms with Gasteiger partial charge in [0.15, 0.2) is 0 Å². The molecular formula is C20H24N2O4. The quantitative estimate of drug-likeness (QED) is 0.798. The molecule has 0 aliphatic heterocycles. The van der Waals surface area contributed by atoms with Crippen LogP contribution in [0.5, 0.6) is 11.5 Å². The second-order valence-corrected chi connectivity index (χ2v) is 5.94. The molecule has 2 rings (SSSR count). The average molecular weight is 356 g/mol. The van der Waals surface area contributed by atoms with Crippen LogP contribution in [-0.4, -0.2) is 32.6 Å². The van der Waals surface area contributed by atoms with Crippen LogP contribution in [0, 0.1) is 13.8 Å². The van der Waals surface area contributed by atoms with Gasteiger partial charge in [-0.25, -0.2) is 0 Å². The Labute approximate surface area is 153 Å². The van der Waals surface area contributed by atoms with Crippen molar-refractivity contribution in [3.63, 3.8) is 0 Å². The first-order valence-corrected chi connectivity index (χ1v) is 8.27. The summed E-state index contributed by atoms with van der Waals surface area (Å²) in [5.74, 6) is 0.776. The fraction of sp³-hybridized carbons (Fsp3) is 0.300. The van der Waals surface area contributed by atoms with E-state index in [4.69, 9.17) is 9.47 Å². The number of aryl methyl sites for hydroxylation is 2. The van der Waals surface area contributed by atoms with Crippen molar-refractivity contribution in [2.24, 2.45) is 0 Å². The minimum Gasteiger partial charge on any atom is -0.497 e. The molecule has 2 amide bonds. The van der Waals surface area contributed by atoms with E-state index in [1.807, 2.05) is 26.0 Å². The number of methoxy groups -OCH3 is 2. The SMILES string of the molecule is COc1ccc(OC)c(CNC(=O)CNC(=O)c2ccc(C)c(C)c2)c1. The predicted molar refractivity (Wildman–Crippen MR) is 99.6 cm³/mol. The van der Waals surface area contributed by atoms with Crippen molar-refractivity contribution in [1.82, 2.24) is 10.6 Å². The van der Waals surface area contributed by atoms with E-state index in [9.17, 15) is 9.59 Å². The normalized spacial score (nSPS) is 10.2. The molecule has 0 radical (unpaired) electrons. The first kappa shape index (κ1) is 19.3. The summed E-state index contributed by atoms with van der Waals surface area (Å²) in [6.07, 6.45) is 0. The van der Waals surface area contributed by atoms with Gasteiger partial charge in [-0.15, -0.1) is 0 Å². The summed E-state index contributed by atoms with van der Waals surface area (Å²) in [6, 6.07) is 10.8. The van der Waals surface area contributed by atoms with Crippen LogP contribution in [-0.2, 0) is 11.3 Å². The second kappa shape index (κ2) is 8.89. The molecule has 2 N–H and O–H groups in total. The highest BCUT2D eigenvalue weighted by Gasteiger charge is 2.10. The predicted octanol–water partition coefficient (Wildman–Crippen LogP) is 2.37. The Morgan fingerprint density at radius 1 is 0.923 bits per heavy atom. The standard InChI is InChI=1S/C20H24N2O4/c1-13-5-6-15(9-14(13)2)20(24)22-12-19(23)21-11-16-10-17(25-3)7-8-18(16)26-4/h5-10H,11-12H2,1-4H3,(H,21,23)(H,22,24). The van der Waals surface area contributed by atoms with Gasteiger partial charge in [0.05, 0.1) is 20.8 Å². The number of carbonyl (C=O) groups is 2. The Morgan fingerprint density at radius 3 is 2.35 bits per heavy atom. The first-order chi connectivity index (χ1) is 12.4. The van der Waals surface area contributed by atoms with Crippen molar-refractivity contribution in [1.29, 1.82) is 0 Å². The van der Waals surface area contributed by atoms with Crippen LogP contribution in [0.3, 0.4) is 0 Å². The van der Waals surface area contributed by atoms with Crippen LogP contribution >= 0.6 is 0 Å². The number of hydrogen-bond donors (Lipinski definition) is 2. The molecule has 0 aliphatic rings. The number of amides is 2. The molecule has 2 aromatic carbocycles. The lowest BCUT2D eigenvalue weighted by molar-refractivity contribution is -0.120. The van der Waals surface area contributed by atoms with Crippen molar-refractivity contribution in [2.75, 3.05) is 20.8 Å². The highest BCUT2D eigenvalue weighted by Crippen LogP contribution is 2.23. The van der Waals surface area contributed by atoms with Gasteiger partial charge in [-0.2, -0.15) is 0 Å². The molecule has 6 heteroatoms. The third kappa shape index (κ3) is 4.99. The van der Waals surface area contributed by atoms with Gasteiger partial charge in [0, 0.05) is 17.7 Å². The number of ether oxygens (including phenoxy) is 2. The highest BCUT2D eigenvalue weighted by atomic mass is 16.5. The van der Waals surface area contributed by atoms with Crippen LogP contribution in [0.15, 0.2) is 36.4 Å². The van der Waals surface area contributed by atoms with Crippen molar-refractivity contribution in [3.8, 4) is 11.5 Å². The zero-order chi connectivity index (χ0) is 19.1. The molecule has 0 aromatic heterocycles. The van der Waals surface area contributed by atoms with Gasteiger partial charge in [0.1, 0.15) is 11.5 Å². The van der Waals surface area contributed by atoms with Crippen molar-refractivity contribution >= 4 is 11.8 Å². The van der Waals surface area contributed by atoms with Crippen LogP contribution in [0.25, 0.3) is 0 Å². The first-order valence-electron chi connectivity index (χ1n) is 8.27. The maximum Gasteiger partial charge on any atom is 0.251 e. The van der Waals surface area contributed by atoms with Crippen molar-refractivity contribution in [2.45, 2.75) is 20.4 Å². The van der Waals surface area contributed by atoms with Gasteiger partial charge in [-0.3, -0.25) is 9.59 Å². The average Bonchev–Trinajstić information content (AvgIpc) is 2.66. The topological polar surface area (TPSA) is 76.7 Å². The van der Waals surface area contributed by atoms with E-state index < -0.39 is 0 Å². The molecule has 0 bridgehead atoms. The van der Waals surface area contributed by atoms with E-state index in [0.29, 0.717) is 17.1 Å². The molecule has 0 saturated heterocycles. The molecule has 0 spiro atoms. The smallest absolute Gasteiger partial charge is 0.251 e. The Kier molecular flexibility index (Phi) is 6.60. The van der Waals surface area contributed by atoms with Crippen molar-refractivity contribution in [3.05, 3.63) is 58.7 Å². The summed E-state index contributed by atoms with van der Waals surface area (Å²) >= 11 is 0. The summed E-state index contributed by atoms with van der Waals surface area (Å²) in [6.45, 7) is 4.11. The van der Waals surface area contributed by atoms with Gasteiger partial charge in [-0.05, 0) is 55.3 Å². The summed E-state index contributed by atoms with van der Waals surface area (Å²) in [5.41, 5.74) is 3.48. The van der Waals surface area contributed by atoms with Crippen LogP contribution in [0.4, 0.5) is 0 Å². The molecule has 6 nitrogen and oxygen atoms in total. The minimum atomic E-state index is -0.285. The number of rotatable bonds is 7. The van der Waals surface area contributed by atoms with E-state index >= 15 is 0 Å². The Hall–Kier alpha value is -3.02. The number of benzene rings is 2. The molecule has 138 valence electrons. The third-order valence-electron chi connectivity index (χ3n) is 4.14. The highest BCUT2D eigenvalue weighted by molar-refractivity contribution is 5.96. The summed E-state index contributed by atoms with van der Waals surface area (Å²) in [4.78, 5) is 24.2. The van der Waals surface area contributed by atoms with E-state index in [1.165, 1.54) is 0 Å². The molecule has 0 atom stereocenters. The fourth-order valence-corrected chi connectivity index (χ4v) is 2.42. The third-order valence-corrected chi connectivity index (χ3v) is 4.14. The van der Waals surface area contributed by atoms with Crippen LogP contribution in [0.2, 0.25) is 0 Å². The lowest BCUT2D eigenvalue weighted by atomic mass is 10.1. The largest absolute Gasteiger partial charge is 0.497 e. The minimum absolute atomic E-state index is 0.0992. The zero-order valence-electron chi connectivity index (χ0n) is 15.5. The Bertz CT molecular complexity index is 802. The van der Waals surface area contributed by atoms with E-state index in [0.717, 1.165) is 16.7 Å². The Balaban J connectivity index is 1.89. The zero-order valence-corrected chi connectivity index (χ0v) is 15.5. The van der Waals surface area contributed by atoms with Crippen molar-refractivity contribution < 1.29 is 19.1 Å². The number of carbonyl (C=O) groups excluding carboxylic acids is 2. The van der Waals surface area contributed by atoms with Gasteiger partial charge in [0.25, 0.3) is 5.91 Å². The maximum absolute atomic E-state index is 12.1. The van der Waals surface area contributed by atoms with Crippen LogP contribution in [0.1, 0.15) is 27.0 Å². The van der Waals surface area contributed by atoms with Crippen LogP contribution < -0.4 is 20.1 Å². The van der Waals surface area contributed by atoms with Gasteiger partial charge in [-0.1, -0.05) is 6.07 Å². The Morgan fingerprint density at radius 2 is 1.69 bits per heavy atom. The molecule has 0 saturated carbocycles. The number of hydrogen-bond acceptors (Lipinski definition) is 4. The monoisotopic (exact) mass is 356 g/mol. The molecular weight excluding hydrogens is 332 g/mol. The van der Waals surface area contributed by atoms with Gasteiger partial charge >= 0.3 is 0 Å².